The Balaban J connectivity index is 2.54. The van der Waals surface area contributed by atoms with Gasteiger partial charge in [0.05, 0.1) is 7.11 Å². The molecule has 62 valence electrons. The molecule has 0 saturated carbocycles. The standard InChI is InChI=1S/C7H10ClNOS/c1-10-7-6(3-2-4-8)5-11-9-7/h5H,2-4H2,1H3. The zero-order chi connectivity index (χ0) is 8.10. The Labute approximate surface area is 75.3 Å². The summed E-state index contributed by atoms with van der Waals surface area (Å²) in [5.74, 6) is 1.44. The minimum atomic E-state index is 0.693. The van der Waals surface area contributed by atoms with Crippen molar-refractivity contribution in [2.75, 3.05) is 13.0 Å². The molecular formula is C7H10ClNOS. The number of halogens is 1. The molecule has 0 fully saturated rings. The van der Waals surface area contributed by atoms with Gasteiger partial charge >= 0.3 is 0 Å². The molecule has 4 heteroatoms. The van der Waals surface area contributed by atoms with Crippen LogP contribution in [0.4, 0.5) is 0 Å². The first-order valence-electron chi connectivity index (χ1n) is 3.41. The van der Waals surface area contributed by atoms with Crippen LogP contribution in [0.15, 0.2) is 5.38 Å². The fourth-order valence-electron chi connectivity index (χ4n) is 0.838. The van der Waals surface area contributed by atoms with Crippen LogP contribution in [0.3, 0.4) is 0 Å². The third-order valence-electron chi connectivity index (χ3n) is 1.38. The highest BCUT2D eigenvalue weighted by atomic mass is 35.5. The first-order chi connectivity index (χ1) is 5.38. The van der Waals surface area contributed by atoms with E-state index in [1.807, 2.05) is 5.38 Å². The van der Waals surface area contributed by atoms with Crippen molar-refractivity contribution in [2.24, 2.45) is 0 Å². The Morgan fingerprint density at radius 1 is 1.73 bits per heavy atom. The van der Waals surface area contributed by atoms with Crippen LogP contribution in [0.1, 0.15) is 12.0 Å². The Bertz CT molecular complexity index is 214. The van der Waals surface area contributed by atoms with Crippen molar-refractivity contribution < 1.29 is 4.74 Å². The number of hydrogen-bond donors (Lipinski definition) is 0. The molecule has 0 aliphatic carbocycles. The Hall–Kier alpha value is -0.280. The molecule has 0 aromatic carbocycles. The number of aryl methyl sites for hydroxylation is 1. The van der Waals surface area contributed by atoms with Crippen molar-refractivity contribution in [3.8, 4) is 5.88 Å². The van der Waals surface area contributed by atoms with Gasteiger partial charge in [0.25, 0.3) is 0 Å². The summed E-state index contributed by atoms with van der Waals surface area (Å²) in [7, 11) is 1.64. The van der Waals surface area contributed by atoms with E-state index in [2.05, 4.69) is 4.37 Å². The van der Waals surface area contributed by atoms with Crippen LogP contribution in [-0.4, -0.2) is 17.4 Å². The van der Waals surface area contributed by atoms with Gasteiger partial charge in [0.2, 0.25) is 5.88 Å². The SMILES string of the molecule is COc1nscc1CCCCl. The fourth-order valence-corrected chi connectivity index (χ4v) is 1.66. The zero-order valence-electron chi connectivity index (χ0n) is 6.34. The summed E-state index contributed by atoms with van der Waals surface area (Å²) in [6.45, 7) is 0. The summed E-state index contributed by atoms with van der Waals surface area (Å²) in [4.78, 5) is 0. The van der Waals surface area contributed by atoms with Crippen LogP contribution in [0.2, 0.25) is 0 Å². The number of ether oxygens (including phenoxy) is 1. The molecule has 0 unspecified atom stereocenters. The van der Waals surface area contributed by atoms with Crippen molar-refractivity contribution in [3.63, 3.8) is 0 Å². The average Bonchev–Trinajstić information content (AvgIpc) is 2.47. The quantitative estimate of drug-likeness (QED) is 0.682. The molecule has 1 heterocycles. The highest BCUT2D eigenvalue weighted by Crippen LogP contribution is 2.19. The van der Waals surface area contributed by atoms with E-state index in [0.29, 0.717) is 5.88 Å². The van der Waals surface area contributed by atoms with Crippen LogP contribution < -0.4 is 4.74 Å². The molecule has 0 N–H and O–H groups in total. The summed E-state index contributed by atoms with van der Waals surface area (Å²) < 4.78 is 9.10. The minimum Gasteiger partial charge on any atom is -0.480 e. The lowest BCUT2D eigenvalue weighted by Crippen LogP contribution is -1.89. The predicted octanol–water partition coefficient (Wildman–Crippen LogP) is 2.32. The van der Waals surface area contributed by atoms with E-state index in [1.54, 1.807) is 7.11 Å². The van der Waals surface area contributed by atoms with E-state index < -0.39 is 0 Å². The maximum Gasteiger partial charge on any atom is 0.228 e. The van der Waals surface area contributed by atoms with Crippen molar-refractivity contribution >= 4 is 23.1 Å². The van der Waals surface area contributed by atoms with Crippen molar-refractivity contribution in [2.45, 2.75) is 12.8 Å². The number of rotatable bonds is 4. The number of aromatic nitrogens is 1. The number of nitrogens with zero attached hydrogens (tertiary/aromatic N) is 1. The van der Waals surface area contributed by atoms with E-state index >= 15 is 0 Å². The molecule has 11 heavy (non-hydrogen) atoms. The van der Waals surface area contributed by atoms with Crippen LogP contribution in [0, 0.1) is 0 Å². The molecule has 0 saturated heterocycles. The van der Waals surface area contributed by atoms with Crippen molar-refractivity contribution in [1.82, 2.24) is 4.37 Å². The molecule has 0 radical (unpaired) electrons. The van der Waals surface area contributed by atoms with E-state index in [1.165, 1.54) is 11.5 Å². The summed E-state index contributed by atoms with van der Waals surface area (Å²) in [6, 6.07) is 0. The number of methoxy groups -OCH3 is 1. The molecule has 1 rings (SSSR count). The largest absolute Gasteiger partial charge is 0.480 e. The van der Waals surface area contributed by atoms with E-state index in [-0.39, 0.29) is 0 Å². The van der Waals surface area contributed by atoms with E-state index in [9.17, 15) is 0 Å². The maximum atomic E-state index is 5.56. The molecule has 2 nitrogen and oxygen atoms in total. The molecule has 0 aliphatic heterocycles. The van der Waals surface area contributed by atoms with Crippen LogP contribution in [0.5, 0.6) is 5.88 Å². The Kier molecular flexibility index (Phi) is 3.66. The van der Waals surface area contributed by atoms with Gasteiger partial charge in [-0.2, -0.15) is 4.37 Å². The van der Waals surface area contributed by atoms with Crippen LogP contribution >= 0.6 is 23.1 Å². The molecular weight excluding hydrogens is 182 g/mol. The molecule has 0 atom stereocenters. The molecule has 1 aromatic rings. The van der Waals surface area contributed by atoms with Gasteiger partial charge in [-0.05, 0) is 24.4 Å². The van der Waals surface area contributed by atoms with Crippen LogP contribution in [-0.2, 0) is 6.42 Å². The molecule has 0 spiro atoms. The summed E-state index contributed by atoms with van der Waals surface area (Å²) in [5, 5.41) is 2.01. The second-order valence-corrected chi connectivity index (χ2v) is 3.15. The normalized spacial score (nSPS) is 10.0. The number of hydrogen-bond acceptors (Lipinski definition) is 3. The van der Waals surface area contributed by atoms with Gasteiger partial charge in [0.15, 0.2) is 0 Å². The Morgan fingerprint density at radius 3 is 3.18 bits per heavy atom. The van der Waals surface area contributed by atoms with Gasteiger partial charge in [0, 0.05) is 16.8 Å². The first kappa shape index (κ1) is 8.81. The summed E-state index contributed by atoms with van der Waals surface area (Å²) in [6.07, 6.45) is 1.94. The first-order valence-corrected chi connectivity index (χ1v) is 4.78. The number of alkyl halides is 1. The lowest BCUT2D eigenvalue weighted by molar-refractivity contribution is 0.397. The third-order valence-corrected chi connectivity index (χ3v) is 2.31. The summed E-state index contributed by atoms with van der Waals surface area (Å²) >= 11 is 6.98. The predicted molar refractivity (Wildman–Crippen MR) is 47.7 cm³/mol. The molecule has 1 aromatic heterocycles. The smallest absolute Gasteiger partial charge is 0.228 e. The molecule has 0 aliphatic rings. The second kappa shape index (κ2) is 4.57. The van der Waals surface area contributed by atoms with Crippen molar-refractivity contribution in [3.05, 3.63) is 10.9 Å². The highest BCUT2D eigenvalue weighted by molar-refractivity contribution is 7.03. The highest BCUT2D eigenvalue weighted by Gasteiger charge is 2.03. The molecule has 0 amide bonds. The van der Waals surface area contributed by atoms with Crippen molar-refractivity contribution in [1.29, 1.82) is 0 Å². The monoisotopic (exact) mass is 191 g/mol. The van der Waals surface area contributed by atoms with Gasteiger partial charge in [-0.1, -0.05) is 0 Å². The topological polar surface area (TPSA) is 22.1 Å². The molecule has 0 bridgehead atoms. The average molecular weight is 192 g/mol. The van der Waals surface area contributed by atoms with Gasteiger partial charge in [-0.15, -0.1) is 11.6 Å². The van der Waals surface area contributed by atoms with Crippen LogP contribution in [0.25, 0.3) is 0 Å². The third kappa shape index (κ3) is 2.34. The van der Waals surface area contributed by atoms with E-state index in [4.69, 9.17) is 16.3 Å². The minimum absolute atomic E-state index is 0.693. The Morgan fingerprint density at radius 2 is 2.55 bits per heavy atom. The van der Waals surface area contributed by atoms with Gasteiger partial charge in [0.1, 0.15) is 0 Å². The van der Waals surface area contributed by atoms with Gasteiger partial charge in [-0.25, -0.2) is 0 Å². The lowest BCUT2D eigenvalue weighted by atomic mass is 10.2. The van der Waals surface area contributed by atoms with Gasteiger partial charge < -0.3 is 4.74 Å². The van der Waals surface area contributed by atoms with E-state index in [0.717, 1.165) is 24.3 Å². The lowest BCUT2D eigenvalue weighted by Gasteiger charge is -1.97. The van der Waals surface area contributed by atoms with Gasteiger partial charge in [-0.3, -0.25) is 0 Å². The summed E-state index contributed by atoms with van der Waals surface area (Å²) in [5.41, 5.74) is 1.16. The second-order valence-electron chi connectivity index (χ2n) is 2.14. The fraction of sp³-hybridized carbons (Fsp3) is 0.571. The maximum absolute atomic E-state index is 5.56. The zero-order valence-corrected chi connectivity index (χ0v) is 7.91.